The van der Waals surface area contributed by atoms with Gasteiger partial charge in [-0.25, -0.2) is 23.1 Å². The number of carbonyl (C=O) groups is 3. The van der Waals surface area contributed by atoms with Crippen molar-refractivity contribution in [2.45, 2.75) is 101 Å². The van der Waals surface area contributed by atoms with Gasteiger partial charge in [-0.1, -0.05) is 17.9 Å². The second kappa shape index (κ2) is 16.2. The van der Waals surface area contributed by atoms with E-state index in [2.05, 4.69) is 47.4 Å². The van der Waals surface area contributed by atoms with Gasteiger partial charge in [0, 0.05) is 64.1 Å². The average Bonchev–Trinajstić information content (AvgIpc) is 4.16. The van der Waals surface area contributed by atoms with Crippen molar-refractivity contribution in [1.29, 1.82) is 0 Å². The zero-order valence-electron chi connectivity index (χ0n) is 35.5. The predicted molar refractivity (Wildman–Crippen MR) is 230 cm³/mol. The van der Waals surface area contributed by atoms with Crippen LogP contribution in [0.15, 0.2) is 47.7 Å². The Bertz CT molecular complexity index is 2780. The first-order chi connectivity index (χ1) is 31.1. The number of aromatic nitrogens is 7. The quantitative estimate of drug-likeness (QED) is 0.164. The molecule has 334 valence electrons. The summed E-state index contributed by atoms with van der Waals surface area (Å²) in [6, 6.07) is 7.69. The van der Waals surface area contributed by atoms with Gasteiger partial charge < -0.3 is 15.0 Å². The van der Waals surface area contributed by atoms with Gasteiger partial charge in [0.05, 0.1) is 59.8 Å². The lowest BCUT2D eigenvalue weighted by molar-refractivity contribution is -0.135. The van der Waals surface area contributed by atoms with Gasteiger partial charge in [-0.3, -0.25) is 43.3 Å². The Kier molecular flexibility index (Phi) is 10.3. The third-order valence-corrected chi connectivity index (χ3v) is 14.5. The summed E-state index contributed by atoms with van der Waals surface area (Å²) >= 11 is 0. The van der Waals surface area contributed by atoms with Crippen LogP contribution in [0.4, 0.5) is 20.3 Å². The summed E-state index contributed by atoms with van der Waals surface area (Å²) in [5.41, 5.74) is 1.81. The number of piperazine rings is 1. The van der Waals surface area contributed by atoms with Crippen LogP contribution in [0.25, 0.3) is 16.7 Å². The van der Waals surface area contributed by atoms with Crippen LogP contribution in [-0.4, -0.2) is 125 Å². The van der Waals surface area contributed by atoms with Crippen molar-refractivity contribution in [3.05, 3.63) is 70.2 Å². The van der Waals surface area contributed by atoms with Gasteiger partial charge in [0.1, 0.15) is 17.4 Å². The summed E-state index contributed by atoms with van der Waals surface area (Å²) in [4.78, 5) is 63.5. The van der Waals surface area contributed by atoms with Crippen LogP contribution < -0.4 is 21.2 Å². The molecule has 2 N–H and O–H groups in total. The van der Waals surface area contributed by atoms with E-state index in [1.165, 1.54) is 19.8 Å². The maximum atomic E-state index is 14.4. The van der Waals surface area contributed by atoms with E-state index in [4.69, 9.17) is 9.72 Å². The Labute approximate surface area is 366 Å². The first-order valence-electron chi connectivity index (χ1n) is 22.5. The third kappa shape index (κ3) is 7.25. The molecule has 0 spiro atoms. The Hall–Kier alpha value is -5.97. The van der Waals surface area contributed by atoms with E-state index in [0.717, 1.165) is 82.5 Å². The molecule has 4 bridgehead atoms. The van der Waals surface area contributed by atoms with E-state index in [-0.39, 0.29) is 53.9 Å². The second-order valence-corrected chi connectivity index (χ2v) is 18.4. The molecule has 4 aromatic heterocycles. The van der Waals surface area contributed by atoms with Crippen molar-refractivity contribution in [2.24, 2.45) is 13.0 Å². The number of carbonyl (C=O) groups excluding carboxylic acids is 3. The number of para-hydroxylation sites is 1. The number of ether oxygens (including phenoxy) is 1. The fourth-order valence-electron chi connectivity index (χ4n) is 11.3. The number of imide groups is 1. The zero-order chi connectivity index (χ0) is 43.8. The first-order valence-corrected chi connectivity index (χ1v) is 22.5. The number of anilines is 2. The van der Waals surface area contributed by atoms with Crippen LogP contribution in [0.2, 0.25) is 0 Å². The van der Waals surface area contributed by atoms with Crippen LogP contribution in [0, 0.1) is 17.8 Å². The molecule has 6 aliphatic rings. The lowest BCUT2D eigenvalue weighted by Crippen LogP contribution is -2.54. The van der Waals surface area contributed by atoms with Crippen molar-refractivity contribution in [2.75, 3.05) is 49.5 Å². The summed E-state index contributed by atoms with van der Waals surface area (Å²) in [5, 5.41) is 13.7. The van der Waals surface area contributed by atoms with Crippen molar-refractivity contribution in [3.8, 4) is 11.8 Å². The first kappa shape index (κ1) is 40.8. The average molecular weight is 877 g/mol. The number of likely N-dealkylation sites (tertiary alicyclic amines) is 1. The summed E-state index contributed by atoms with van der Waals surface area (Å²) in [6.07, 6.45) is 9.20. The minimum atomic E-state index is -2.86. The topological polar surface area (TPSA) is 169 Å². The van der Waals surface area contributed by atoms with E-state index in [0.29, 0.717) is 47.8 Å². The monoisotopic (exact) mass is 876 g/mol. The Morgan fingerprint density at radius 1 is 1.00 bits per heavy atom. The summed E-state index contributed by atoms with van der Waals surface area (Å²) in [6.45, 7) is 4.92. The molecule has 1 aromatic carbocycles. The molecule has 3 amide bonds. The number of aryl methyl sites for hydroxylation is 1. The highest BCUT2D eigenvalue weighted by Crippen LogP contribution is 2.38. The summed E-state index contributed by atoms with van der Waals surface area (Å²) < 4.78 is 40.6. The number of fused-ring (bicyclic) bond motifs is 6. The lowest BCUT2D eigenvalue weighted by atomic mass is 9.85. The number of amides is 3. The Morgan fingerprint density at radius 3 is 2.53 bits per heavy atom. The van der Waals surface area contributed by atoms with Crippen LogP contribution in [0.5, 0.6) is 0 Å². The van der Waals surface area contributed by atoms with Crippen molar-refractivity contribution in [3.63, 3.8) is 0 Å². The van der Waals surface area contributed by atoms with Gasteiger partial charge in [-0.05, 0) is 75.5 Å². The molecule has 5 atom stereocenters. The fourth-order valence-corrected chi connectivity index (χ4v) is 11.3. The van der Waals surface area contributed by atoms with Crippen molar-refractivity contribution < 1.29 is 27.9 Å². The minimum absolute atomic E-state index is 0.00351. The van der Waals surface area contributed by atoms with Crippen LogP contribution >= 0.6 is 0 Å². The Balaban J connectivity index is 0.699. The molecule has 1 aliphatic carbocycles. The molecule has 5 saturated heterocycles. The predicted octanol–water partition coefficient (Wildman–Crippen LogP) is 3.66. The largest absolute Gasteiger partial charge is 0.374 e. The molecule has 64 heavy (non-hydrogen) atoms. The zero-order valence-corrected chi connectivity index (χ0v) is 35.5. The lowest BCUT2D eigenvalue weighted by Gasteiger charge is -2.42. The number of nitrogens with zero attached hydrogens (tertiary/aromatic N) is 10. The third-order valence-electron chi connectivity index (χ3n) is 14.5. The SMILES string of the molecule is Cn1c(=O)n(C2CCC(=O)NC2=O)c2cccc(C#CCN3C4CCC3CN(CC3CCC(n5cc(NC(=O)c6cnn7ccc(N8C[C@H]9C[C@@H]8CO9)nc67)c(C(F)F)n5)CC3)C4)c21. The van der Waals surface area contributed by atoms with Crippen LogP contribution in [0.3, 0.4) is 0 Å². The van der Waals surface area contributed by atoms with Gasteiger partial charge >= 0.3 is 5.69 Å². The molecule has 1 saturated carbocycles. The molecule has 11 rings (SSSR count). The van der Waals surface area contributed by atoms with E-state index in [9.17, 15) is 28.0 Å². The number of benzene rings is 1. The molecule has 17 nitrogen and oxygen atoms in total. The maximum absolute atomic E-state index is 14.4. The molecular formula is C45H50F2N12O5. The molecule has 0 radical (unpaired) electrons. The number of piperidine rings is 1. The van der Waals surface area contributed by atoms with E-state index in [1.54, 1.807) is 24.1 Å². The number of hydrogen-bond acceptors (Lipinski definition) is 11. The van der Waals surface area contributed by atoms with Gasteiger partial charge in [-0.2, -0.15) is 10.2 Å². The minimum Gasteiger partial charge on any atom is -0.374 e. The van der Waals surface area contributed by atoms with Gasteiger partial charge in [0.2, 0.25) is 11.8 Å². The standard InChI is InChI=1S/C45H50F2N12O5/c1-53-40-27(4-2-6-35(40)59(45(53)63)36-13-14-38(60)51-44(36)62)5-3-16-55-29-11-12-30(55)22-54(21-29)20-26-7-9-28(10-8-26)58-24-34(39(52-58)41(46)47)49-43(61)33-19-48-57-17-15-37(50-42(33)57)56-23-32-18-31(56)25-64-32/h2,4,6,15,17,19,24,26,28-32,36,41H,7-14,16,18,20-23,25H2,1H3,(H,49,61)(H,51,60,62)/t26?,28?,29?,30?,31-,32-,36?/m1/s1. The number of nitrogens with one attached hydrogen (secondary N) is 2. The summed E-state index contributed by atoms with van der Waals surface area (Å²) in [7, 11) is 1.69. The molecule has 3 unspecified atom stereocenters. The highest BCUT2D eigenvalue weighted by atomic mass is 19.3. The number of hydrogen-bond donors (Lipinski definition) is 2. The number of imidazole rings is 1. The maximum Gasteiger partial charge on any atom is 0.329 e. The van der Waals surface area contributed by atoms with E-state index in [1.807, 2.05) is 24.3 Å². The number of rotatable bonds is 9. The fraction of sp³-hybridized carbons (Fsp3) is 0.533. The summed E-state index contributed by atoms with van der Waals surface area (Å²) in [5.74, 6) is 6.60. The van der Waals surface area contributed by atoms with E-state index >= 15 is 0 Å². The molecule has 5 aliphatic heterocycles. The normalized spacial score (nSPS) is 27.2. The van der Waals surface area contributed by atoms with Gasteiger partial charge in [0.25, 0.3) is 12.3 Å². The molecular weight excluding hydrogens is 827 g/mol. The number of alkyl halides is 2. The van der Waals surface area contributed by atoms with Crippen molar-refractivity contribution in [1.82, 2.24) is 48.6 Å². The number of halogens is 2. The highest BCUT2D eigenvalue weighted by Gasteiger charge is 2.41. The van der Waals surface area contributed by atoms with E-state index < -0.39 is 30.0 Å². The smallest absolute Gasteiger partial charge is 0.329 e. The molecule has 9 heterocycles. The van der Waals surface area contributed by atoms with Crippen molar-refractivity contribution >= 4 is 45.9 Å². The molecule has 5 aromatic rings. The van der Waals surface area contributed by atoms with Gasteiger partial charge in [0.15, 0.2) is 11.3 Å². The number of morpholine rings is 1. The second-order valence-electron chi connectivity index (χ2n) is 18.4. The molecule has 6 fully saturated rings. The Morgan fingerprint density at radius 2 is 1.80 bits per heavy atom. The van der Waals surface area contributed by atoms with Gasteiger partial charge in [-0.15, -0.1) is 0 Å². The molecule has 19 heteroatoms. The van der Waals surface area contributed by atoms with Crippen LogP contribution in [-0.2, 0) is 21.4 Å². The van der Waals surface area contributed by atoms with Crippen LogP contribution in [0.1, 0.15) is 97.9 Å². The highest BCUT2D eigenvalue weighted by molar-refractivity contribution is 6.08.